The monoisotopic (exact) mass is 249 g/mol. The third-order valence-electron chi connectivity index (χ3n) is 2.57. The second-order valence-electron chi connectivity index (χ2n) is 3.94. The first-order valence-electron chi connectivity index (χ1n) is 5.61. The lowest BCUT2D eigenvalue weighted by Crippen LogP contribution is -2.32. The summed E-state index contributed by atoms with van der Waals surface area (Å²) in [6.45, 7) is 3.77. The highest BCUT2D eigenvalue weighted by Gasteiger charge is 2.32. The Morgan fingerprint density at radius 1 is 1.50 bits per heavy atom. The van der Waals surface area contributed by atoms with Crippen LogP contribution in [0.1, 0.15) is 19.8 Å². The summed E-state index contributed by atoms with van der Waals surface area (Å²) >= 11 is 0. The van der Waals surface area contributed by atoms with Crippen molar-refractivity contribution >= 4 is 15.7 Å². The molecule has 1 N–H and O–H groups in total. The Bertz CT molecular complexity index is 326. The van der Waals surface area contributed by atoms with Gasteiger partial charge in [0.25, 0.3) is 0 Å². The van der Waals surface area contributed by atoms with Crippen LogP contribution in [0.15, 0.2) is 0 Å². The van der Waals surface area contributed by atoms with E-state index in [2.05, 4.69) is 5.32 Å². The van der Waals surface area contributed by atoms with Crippen LogP contribution in [-0.2, 0) is 19.4 Å². The molecule has 0 aromatic heterocycles. The van der Waals surface area contributed by atoms with Crippen LogP contribution in [-0.4, -0.2) is 45.6 Å². The fourth-order valence-electron chi connectivity index (χ4n) is 1.68. The van der Waals surface area contributed by atoms with Crippen molar-refractivity contribution in [3.63, 3.8) is 0 Å². The summed E-state index contributed by atoms with van der Waals surface area (Å²) in [6.07, 6.45) is 1.22. The van der Waals surface area contributed by atoms with Crippen LogP contribution in [0.25, 0.3) is 0 Å². The molecule has 0 radical (unpaired) electrons. The van der Waals surface area contributed by atoms with Crippen molar-refractivity contribution in [1.29, 1.82) is 0 Å². The Morgan fingerprint density at radius 3 is 2.81 bits per heavy atom. The quantitative estimate of drug-likeness (QED) is 0.671. The summed E-state index contributed by atoms with van der Waals surface area (Å²) in [5, 5.41) is 2.74. The van der Waals surface area contributed by atoms with Crippen LogP contribution in [0, 0.1) is 5.92 Å². The molecule has 6 heteroatoms. The summed E-state index contributed by atoms with van der Waals surface area (Å²) in [5.41, 5.74) is 0. The molecule has 0 spiro atoms. The molecule has 1 aliphatic heterocycles. The first kappa shape index (κ1) is 13.4. The molecule has 0 unspecified atom stereocenters. The second kappa shape index (κ2) is 6.20. The highest BCUT2D eigenvalue weighted by molar-refractivity contribution is 7.91. The molecule has 16 heavy (non-hydrogen) atoms. The Balaban J connectivity index is 2.16. The van der Waals surface area contributed by atoms with Crippen molar-refractivity contribution in [2.45, 2.75) is 19.8 Å². The predicted molar refractivity (Wildman–Crippen MR) is 60.9 cm³/mol. The maximum Gasteiger partial charge on any atom is 0.224 e. The Labute approximate surface area is 96.5 Å². The number of carbonyl (C=O) groups excluding carboxylic acids is 1. The van der Waals surface area contributed by atoms with E-state index < -0.39 is 9.84 Å². The minimum Gasteiger partial charge on any atom is -0.382 e. The molecular formula is C10H19NO4S. The first-order chi connectivity index (χ1) is 7.55. The first-order valence-corrected chi connectivity index (χ1v) is 7.43. The van der Waals surface area contributed by atoms with Gasteiger partial charge in [0.2, 0.25) is 5.91 Å². The van der Waals surface area contributed by atoms with Crippen molar-refractivity contribution in [3.8, 4) is 0 Å². The van der Waals surface area contributed by atoms with Gasteiger partial charge in [0.05, 0.1) is 17.4 Å². The van der Waals surface area contributed by atoms with Crippen LogP contribution in [0.3, 0.4) is 0 Å². The summed E-state index contributed by atoms with van der Waals surface area (Å²) in [7, 11) is -2.97. The van der Waals surface area contributed by atoms with Crippen LogP contribution >= 0.6 is 0 Å². The molecule has 1 rings (SSSR count). The van der Waals surface area contributed by atoms with Gasteiger partial charge in [0, 0.05) is 19.8 Å². The van der Waals surface area contributed by atoms with Crippen molar-refractivity contribution in [1.82, 2.24) is 5.32 Å². The average Bonchev–Trinajstić information content (AvgIpc) is 2.58. The van der Waals surface area contributed by atoms with Gasteiger partial charge in [-0.25, -0.2) is 8.42 Å². The molecule has 1 aliphatic rings. The number of nitrogens with one attached hydrogen (secondary N) is 1. The third-order valence-corrected chi connectivity index (χ3v) is 4.34. The number of carbonyl (C=O) groups is 1. The highest BCUT2D eigenvalue weighted by atomic mass is 32.2. The largest absolute Gasteiger partial charge is 0.382 e. The lowest BCUT2D eigenvalue weighted by molar-refractivity contribution is -0.124. The zero-order chi connectivity index (χ0) is 12.0. The van der Waals surface area contributed by atoms with Crippen LogP contribution in [0.4, 0.5) is 0 Å². The van der Waals surface area contributed by atoms with Gasteiger partial charge in [-0.15, -0.1) is 0 Å². The van der Waals surface area contributed by atoms with E-state index in [-0.39, 0.29) is 23.3 Å². The molecule has 1 fully saturated rings. The number of ether oxygens (including phenoxy) is 1. The van der Waals surface area contributed by atoms with Gasteiger partial charge >= 0.3 is 0 Å². The van der Waals surface area contributed by atoms with Crippen LogP contribution in [0.2, 0.25) is 0 Å². The molecule has 0 bridgehead atoms. The maximum absolute atomic E-state index is 11.5. The van der Waals surface area contributed by atoms with E-state index in [1.807, 2.05) is 6.92 Å². The lowest BCUT2D eigenvalue weighted by Gasteiger charge is -2.09. The predicted octanol–water partition coefficient (Wildman–Crippen LogP) is -0.0361. The Hall–Kier alpha value is -0.620. The molecule has 1 amide bonds. The van der Waals surface area contributed by atoms with Gasteiger partial charge in [-0.2, -0.15) is 0 Å². The van der Waals surface area contributed by atoms with E-state index in [0.717, 1.165) is 6.42 Å². The highest BCUT2D eigenvalue weighted by Crippen LogP contribution is 2.18. The lowest BCUT2D eigenvalue weighted by atomic mass is 10.1. The average molecular weight is 249 g/mol. The molecule has 1 saturated heterocycles. The van der Waals surface area contributed by atoms with E-state index >= 15 is 0 Å². The zero-order valence-corrected chi connectivity index (χ0v) is 10.4. The summed E-state index contributed by atoms with van der Waals surface area (Å²) < 4.78 is 27.4. The SMILES string of the molecule is CCOCCCNC(=O)[C@H]1CCS(=O)(=O)C1. The smallest absolute Gasteiger partial charge is 0.224 e. The van der Waals surface area contributed by atoms with Gasteiger partial charge in [-0.3, -0.25) is 4.79 Å². The van der Waals surface area contributed by atoms with E-state index in [0.29, 0.717) is 26.2 Å². The molecular weight excluding hydrogens is 230 g/mol. The summed E-state index contributed by atoms with van der Waals surface area (Å²) in [6, 6.07) is 0. The van der Waals surface area contributed by atoms with Gasteiger partial charge in [-0.05, 0) is 19.8 Å². The van der Waals surface area contributed by atoms with Gasteiger partial charge < -0.3 is 10.1 Å². The molecule has 0 aromatic carbocycles. The molecule has 0 aromatic rings. The maximum atomic E-state index is 11.5. The Morgan fingerprint density at radius 2 is 2.25 bits per heavy atom. The summed E-state index contributed by atoms with van der Waals surface area (Å²) in [4.78, 5) is 11.5. The van der Waals surface area contributed by atoms with Crippen molar-refractivity contribution in [2.75, 3.05) is 31.3 Å². The normalized spacial score (nSPS) is 23.2. The number of hydrogen-bond donors (Lipinski definition) is 1. The minimum absolute atomic E-state index is 0.00426. The molecule has 1 heterocycles. The van der Waals surface area contributed by atoms with Crippen LogP contribution in [0.5, 0.6) is 0 Å². The van der Waals surface area contributed by atoms with Gasteiger partial charge in [0.1, 0.15) is 0 Å². The van der Waals surface area contributed by atoms with Crippen molar-refractivity contribution < 1.29 is 17.9 Å². The third kappa shape index (κ3) is 4.49. The topological polar surface area (TPSA) is 72.5 Å². The molecule has 1 atom stereocenters. The van der Waals surface area contributed by atoms with Crippen LogP contribution < -0.4 is 5.32 Å². The second-order valence-corrected chi connectivity index (χ2v) is 6.17. The molecule has 0 saturated carbocycles. The zero-order valence-electron chi connectivity index (χ0n) is 9.57. The van der Waals surface area contributed by atoms with E-state index in [4.69, 9.17) is 4.74 Å². The number of sulfone groups is 1. The molecule has 94 valence electrons. The van der Waals surface area contributed by atoms with Crippen molar-refractivity contribution in [2.24, 2.45) is 5.92 Å². The Kier molecular flexibility index (Phi) is 5.21. The summed E-state index contributed by atoms with van der Waals surface area (Å²) in [5.74, 6) is -0.344. The van der Waals surface area contributed by atoms with Crippen molar-refractivity contribution in [3.05, 3.63) is 0 Å². The molecule has 5 nitrogen and oxygen atoms in total. The molecule has 0 aliphatic carbocycles. The number of amides is 1. The van der Waals surface area contributed by atoms with Gasteiger partial charge in [0.15, 0.2) is 9.84 Å². The fraction of sp³-hybridized carbons (Fsp3) is 0.900. The number of rotatable bonds is 6. The fourth-order valence-corrected chi connectivity index (χ4v) is 3.42. The van der Waals surface area contributed by atoms with Gasteiger partial charge in [-0.1, -0.05) is 0 Å². The standard InChI is InChI=1S/C10H19NO4S/c1-2-15-6-3-5-11-10(12)9-4-7-16(13,14)8-9/h9H,2-8H2,1H3,(H,11,12)/t9-/m0/s1. The van der Waals surface area contributed by atoms with E-state index in [9.17, 15) is 13.2 Å². The minimum atomic E-state index is -2.97. The van der Waals surface area contributed by atoms with E-state index in [1.54, 1.807) is 0 Å². The van der Waals surface area contributed by atoms with E-state index in [1.165, 1.54) is 0 Å². The number of hydrogen-bond acceptors (Lipinski definition) is 4.